The number of nitrogens with zero attached hydrogens (tertiary/aromatic N) is 1. The van der Waals surface area contributed by atoms with Crippen molar-refractivity contribution in [3.63, 3.8) is 0 Å². The molecular weight excluding hydrogens is 290 g/mol. The van der Waals surface area contributed by atoms with E-state index in [4.69, 9.17) is 4.74 Å². The van der Waals surface area contributed by atoms with Crippen LogP contribution in [0.1, 0.15) is 18.1 Å². The number of rotatable bonds is 4. The molecule has 2 rings (SSSR count). The lowest BCUT2D eigenvalue weighted by atomic mass is 10.1. The van der Waals surface area contributed by atoms with E-state index in [9.17, 15) is 14.4 Å². The molecule has 110 valence electrons. The van der Waals surface area contributed by atoms with Gasteiger partial charge >= 0.3 is 5.97 Å². The number of hydrogen-bond acceptors (Lipinski definition) is 5. The lowest BCUT2D eigenvalue weighted by Gasteiger charge is -2.10. The third kappa shape index (κ3) is 3.52. The molecule has 1 aromatic rings. The summed E-state index contributed by atoms with van der Waals surface area (Å²) in [4.78, 5) is 36.6. The molecule has 0 bridgehead atoms. The second-order valence-corrected chi connectivity index (χ2v) is 5.42. The van der Waals surface area contributed by atoms with Crippen LogP contribution in [0.15, 0.2) is 29.2 Å². The number of aryl methyl sites for hydroxylation is 1. The van der Waals surface area contributed by atoms with Gasteiger partial charge in [-0.25, -0.2) is 0 Å². The first-order chi connectivity index (χ1) is 10.0. The van der Waals surface area contributed by atoms with Crippen molar-refractivity contribution in [1.29, 1.82) is 0 Å². The van der Waals surface area contributed by atoms with Gasteiger partial charge in [0.15, 0.2) is 0 Å². The van der Waals surface area contributed by atoms with Crippen molar-refractivity contribution < 1.29 is 19.1 Å². The van der Waals surface area contributed by atoms with Crippen molar-refractivity contribution in [3.05, 3.63) is 40.3 Å². The van der Waals surface area contributed by atoms with Crippen LogP contribution in [0.25, 0.3) is 6.08 Å². The summed E-state index contributed by atoms with van der Waals surface area (Å²) in [5, 5.41) is -0.451. The molecular formula is C15H15NO4S. The molecule has 1 aromatic carbocycles. The molecule has 1 fully saturated rings. The van der Waals surface area contributed by atoms with Crippen LogP contribution >= 0.6 is 11.8 Å². The van der Waals surface area contributed by atoms with Crippen LogP contribution < -0.4 is 0 Å². The van der Waals surface area contributed by atoms with Crippen LogP contribution in [0.5, 0.6) is 0 Å². The fraction of sp³-hybridized carbons (Fsp3) is 0.267. The molecule has 2 amide bonds. The first kappa shape index (κ1) is 15.3. The zero-order valence-electron chi connectivity index (χ0n) is 11.8. The van der Waals surface area contributed by atoms with Crippen LogP contribution in [-0.2, 0) is 14.3 Å². The maximum absolute atomic E-state index is 12.2. The van der Waals surface area contributed by atoms with Gasteiger partial charge in [-0.15, -0.1) is 0 Å². The number of carbonyl (C=O) groups is 3. The SMILES string of the molecule is CCOC(=O)CN1C(=O)SC(=Cc2ccccc2C)C1=O. The molecule has 1 heterocycles. The van der Waals surface area contributed by atoms with E-state index in [1.807, 2.05) is 31.2 Å². The van der Waals surface area contributed by atoms with Crippen LogP contribution in [-0.4, -0.2) is 35.2 Å². The molecule has 0 spiro atoms. The van der Waals surface area contributed by atoms with Crippen molar-refractivity contribution in [3.8, 4) is 0 Å². The third-order valence-electron chi connectivity index (χ3n) is 2.94. The largest absolute Gasteiger partial charge is 0.465 e. The van der Waals surface area contributed by atoms with E-state index in [-0.39, 0.29) is 13.2 Å². The van der Waals surface area contributed by atoms with Gasteiger partial charge in [-0.2, -0.15) is 0 Å². The van der Waals surface area contributed by atoms with E-state index in [2.05, 4.69) is 0 Å². The first-order valence-electron chi connectivity index (χ1n) is 6.49. The Balaban J connectivity index is 2.18. The van der Waals surface area contributed by atoms with E-state index < -0.39 is 17.1 Å². The molecule has 1 aliphatic rings. The van der Waals surface area contributed by atoms with Gasteiger partial charge < -0.3 is 4.74 Å². The van der Waals surface area contributed by atoms with Gasteiger partial charge in [0.1, 0.15) is 6.54 Å². The number of imide groups is 1. The highest BCUT2D eigenvalue weighted by Crippen LogP contribution is 2.32. The van der Waals surface area contributed by atoms with Crippen molar-refractivity contribution in [2.75, 3.05) is 13.2 Å². The molecule has 21 heavy (non-hydrogen) atoms. The molecule has 0 aromatic heterocycles. The highest BCUT2D eigenvalue weighted by Gasteiger charge is 2.36. The highest BCUT2D eigenvalue weighted by molar-refractivity contribution is 8.18. The molecule has 1 aliphatic heterocycles. The number of ether oxygens (including phenoxy) is 1. The van der Waals surface area contributed by atoms with Crippen LogP contribution in [0.4, 0.5) is 4.79 Å². The molecule has 5 nitrogen and oxygen atoms in total. The first-order valence-corrected chi connectivity index (χ1v) is 7.31. The smallest absolute Gasteiger partial charge is 0.326 e. The van der Waals surface area contributed by atoms with Gasteiger partial charge in [-0.3, -0.25) is 19.3 Å². The quantitative estimate of drug-likeness (QED) is 0.632. The average Bonchev–Trinajstić information content (AvgIpc) is 2.69. The number of thioether (sulfide) groups is 1. The van der Waals surface area contributed by atoms with Crippen molar-refractivity contribution in [1.82, 2.24) is 4.90 Å². The van der Waals surface area contributed by atoms with Gasteiger partial charge in [-0.05, 0) is 42.8 Å². The molecule has 1 saturated heterocycles. The number of carbonyl (C=O) groups excluding carboxylic acids is 3. The number of hydrogen-bond donors (Lipinski definition) is 0. The van der Waals surface area contributed by atoms with E-state index in [0.717, 1.165) is 27.8 Å². The standard InChI is InChI=1S/C15H15NO4S/c1-3-20-13(17)9-16-14(18)12(21-15(16)19)8-11-7-5-4-6-10(11)2/h4-8H,3,9H2,1-2H3. The molecule has 0 radical (unpaired) electrons. The normalized spacial score (nSPS) is 16.7. The predicted octanol–water partition coefficient (Wildman–Crippen LogP) is 2.59. The van der Waals surface area contributed by atoms with E-state index >= 15 is 0 Å². The van der Waals surface area contributed by atoms with Crippen LogP contribution in [0.2, 0.25) is 0 Å². The lowest BCUT2D eigenvalue weighted by molar-refractivity contribution is -0.145. The fourth-order valence-corrected chi connectivity index (χ4v) is 2.69. The zero-order valence-corrected chi connectivity index (χ0v) is 12.6. The van der Waals surface area contributed by atoms with E-state index in [0.29, 0.717) is 4.91 Å². The summed E-state index contributed by atoms with van der Waals surface area (Å²) in [6.45, 7) is 3.47. The second kappa shape index (κ2) is 6.58. The molecule has 0 N–H and O–H groups in total. The van der Waals surface area contributed by atoms with Gasteiger partial charge in [0.05, 0.1) is 11.5 Å². The Morgan fingerprint density at radius 2 is 2.05 bits per heavy atom. The fourth-order valence-electron chi connectivity index (χ4n) is 1.86. The number of amides is 2. The third-order valence-corrected chi connectivity index (χ3v) is 3.85. The minimum absolute atomic E-state index is 0.216. The van der Waals surface area contributed by atoms with E-state index in [1.54, 1.807) is 13.0 Å². The minimum atomic E-state index is -0.586. The Morgan fingerprint density at radius 1 is 1.33 bits per heavy atom. The Bertz CT molecular complexity index is 624. The van der Waals surface area contributed by atoms with Gasteiger partial charge in [0.25, 0.3) is 11.1 Å². The van der Waals surface area contributed by atoms with Gasteiger partial charge in [0, 0.05) is 0 Å². The van der Waals surface area contributed by atoms with E-state index in [1.165, 1.54) is 0 Å². The van der Waals surface area contributed by atoms with Crippen LogP contribution in [0, 0.1) is 6.92 Å². The Kier molecular flexibility index (Phi) is 4.80. The molecule has 6 heteroatoms. The Labute approximate surface area is 127 Å². The lowest BCUT2D eigenvalue weighted by Crippen LogP contribution is -2.34. The molecule has 0 atom stereocenters. The summed E-state index contributed by atoms with van der Waals surface area (Å²) >= 11 is 0.836. The summed E-state index contributed by atoms with van der Waals surface area (Å²) in [6.07, 6.45) is 1.67. The monoisotopic (exact) mass is 305 g/mol. The minimum Gasteiger partial charge on any atom is -0.465 e. The zero-order chi connectivity index (χ0) is 15.4. The van der Waals surface area contributed by atoms with Crippen LogP contribution in [0.3, 0.4) is 0 Å². The van der Waals surface area contributed by atoms with Crippen molar-refractivity contribution in [2.45, 2.75) is 13.8 Å². The summed E-state index contributed by atoms with van der Waals surface area (Å²) in [6, 6.07) is 7.56. The van der Waals surface area contributed by atoms with Gasteiger partial charge in [0.2, 0.25) is 0 Å². The number of esters is 1. The predicted molar refractivity (Wildman–Crippen MR) is 80.5 cm³/mol. The van der Waals surface area contributed by atoms with Crippen molar-refractivity contribution in [2.24, 2.45) is 0 Å². The highest BCUT2D eigenvalue weighted by atomic mass is 32.2. The second-order valence-electron chi connectivity index (χ2n) is 4.43. The summed E-state index contributed by atoms with van der Waals surface area (Å²) in [7, 11) is 0. The maximum atomic E-state index is 12.2. The Morgan fingerprint density at radius 3 is 2.71 bits per heavy atom. The summed E-state index contributed by atoms with van der Waals surface area (Å²) < 4.78 is 4.76. The maximum Gasteiger partial charge on any atom is 0.326 e. The van der Waals surface area contributed by atoms with Crippen molar-refractivity contribution >= 4 is 35.0 Å². The topological polar surface area (TPSA) is 63.7 Å². The average molecular weight is 305 g/mol. The molecule has 0 unspecified atom stereocenters. The molecule has 0 aliphatic carbocycles. The van der Waals surface area contributed by atoms with Gasteiger partial charge in [-0.1, -0.05) is 24.3 Å². The summed E-state index contributed by atoms with van der Waals surface area (Å²) in [5.41, 5.74) is 1.88. The summed E-state index contributed by atoms with van der Waals surface area (Å²) in [5.74, 6) is -1.04. The number of benzene rings is 1. The Hall–Kier alpha value is -2.08. The molecule has 0 saturated carbocycles.